The standard InChI is InChI=1S/C34H64NO9P/c1-3-5-7-9-11-13-14-15-16-17-19-21-23-25-27-41-28-31(29-42-45(39,40)43-30-32(35)34(37)38)44-33(36)26-24-22-20-18-12-10-8-6-4-2/h7,9,13-14,31-32H,3-6,8,10-12,15-30,35H2,1-2H3,(H,37,38)(H,39,40)/b9-7-,14-13-. The molecule has 0 saturated heterocycles. The minimum atomic E-state index is -4.60. The van der Waals surface area contributed by atoms with Crippen molar-refractivity contribution in [3.63, 3.8) is 0 Å². The van der Waals surface area contributed by atoms with Crippen molar-refractivity contribution in [2.24, 2.45) is 5.73 Å². The van der Waals surface area contributed by atoms with Gasteiger partial charge in [-0.25, -0.2) is 4.57 Å². The molecule has 0 bridgehead atoms. The summed E-state index contributed by atoms with van der Waals surface area (Å²) in [7, 11) is -4.60. The predicted octanol–water partition coefficient (Wildman–Crippen LogP) is 8.41. The van der Waals surface area contributed by atoms with E-state index in [1.807, 2.05) is 0 Å². The van der Waals surface area contributed by atoms with Crippen molar-refractivity contribution >= 4 is 19.8 Å². The van der Waals surface area contributed by atoms with Crippen LogP contribution in [0.5, 0.6) is 0 Å². The van der Waals surface area contributed by atoms with Crippen molar-refractivity contribution in [3.05, 3.63) is 24.3 Å². The van der Waals surface area contributed by atoms with Crippen LogP contribution in [0, 0.1) is 0 Å². The van der Waals surface area contributed by atoms with E-state index >= 15 is 0 Å². The molecule has 0 amide bonds. The number of carboxylic acids is 1. The number of carbonyl (C=O) groups is 2. The molecule has 0 aliphatic rings. The summed E-state index contributed by atoms with van der Waals surface area (Å²) in [5, 5.41) is 8.83. The molecule has 3 unspecified atom stereocenters. The first-order valence-electron chi connectivity index (χ1n) is 17.4. The van der Waals surface area contributed by atoms with E-state index in [1.54, 1.807) is 0 Å². The second-order valence-electron chi connectivity index (χ2n) is 11.6. The van der Waals surface area contributed by atoms with Crippen LogP contribution in [-0.4, -0.2) is 60.5 Å². The van der Waals surface area contributed by atoms with Gasteiger partial charge in [0.05, 0.1) is 19.8 Å². The number of aliphatic carboxylic acids is 1. The van der Waals surface area contributed by atoms with Crippen molar-refractivity contribution in [1.82, 2.24) is 0 Å². The molecule has 0 spiro atoms. The molecule has 0 saturated carbocycles. The highest BCUT2D eigenvalue weighted by atomic mass is 31.2. The Morgan fingerprint density at radius 1 is 0.711 bits per heavy atom. The second-order valence-corrected chi connectivity index (χ2v) is 13.1. The summed E-state index contributed by atoms with van der Waals surface area (Å²) in [6, 6.07) is -1.47. The predicted molar refractivity (Wildman–Crippen MR) is 180 cm³/mol. The number of unbranched alkanes of at least 4 members (excludes halogenated alkanes) is 15. The van der Waals surface area contributed by atoms with E-state index in [2.05, 4.69) is 42.7 Å². The quantitative estimate of drug-likeness (QED) is 0.0270. The lowest BCUT2D eigenvalue weighted by Crippen LogP contribution is -2.34. The lowest BCUT2D eigenvalue weighted by molar-refractivity contribution is -0.154. The molecular weight excluding hydrogens is 597 g/mol. The van der Waals surface area contributed by atoms with Crippen molar-refractivity contribution in [2.75, 3.05) is 26.4 Å². The lowest BCUT2D eigenvalue weighted by Gasteiger charge is -2.20. The number of phosphoric acid groups is 1. The number of phosphoric ester groups is 1. The zero-order chi connectivity index (χ0) is 33.4. The molecule has 0 heterocycles. The Morgan fingerprint density at radius 2 is 1.27 bits per heavy atom. The van der Waals surface area contributed by atoms with Crippen molar-refractivity contribution in [3.8, 4) is 0 Å². The average molecular weight is 662 g/mol. The normalized spacial score (nSPS) is 14.6. The second kappa shape index (κ2) is 31.1. The molecule has 4 N–H and O–H groups in total. The summed E-state index contributed by atoms with van der Waals surface area (Å²) < 4.78 is 33.0. The van der Waals surface area contributed by atoms with Gasteiger partial charge in [-0.1, -0.05) is 122 Å². The number of ether oxygens (including phenoxy) is 2. The molecule has 0 aromatic rings. The highest BCUT2D eigenvalue weighted by molar-refractivity contribution is 7.47. The van der Waals surface area contributed by atoms with Gasteiger partial charge in [0, 0.05) is 13.0 Å². The van der Waals surface area contributed by atoms with Gasteiger partial charge >= 0.3 is 19.8 Å². The Balaban J connectivity index is 4.34. The molecule has 0 aromatic heterocycles. The zero-order valence-electron chi connectivity index (χ0n) is 28.2. The van der Waals surface area contributed by atoms with Crippen molar-refractivity contribution < 1.29 is 42.7 Å². The number of nitrogens with two attached hydrogens (primary N) is 1. The molecule has 45 heavy (non-hydrogen) atoms. The molecule has 11 heteroatoms. The fraction of sp³-hybridized carbons (Fsp3) is 0.824. The molecule has 0 aromatic carbocycles. The van der Waals surface area contributed by atoms with Gasteiger partial charge in [0.1, 0.15) is 12.1 Å². The van der Waals surface area contributed by atoms with Crippen LogP contribution in [0.15, 0.2) is 24.3 Å². The van der Waals surface area contributed by atoms with Crippen molar-refractivity contribution in [1.29, 1.82) is 0 Å². The van der Waals surface area contributed by atoms with Crippen LogP contribution >= 0.6 is 7.82 Å². The first kappa shape index (κ1) is 43.5. The number of carbonyl (C=O) groups excluding carboxylic acids is 1. The van der Waals surface area contributed by atoms with Crippen LogP contribution < -0.4 is 5.73 Å². The van der Waals surface area contributed by atoms with Gasteiger partial charge < -0.3 is 25.2 Å². The van der Waals surface area contributed by atoms with Crippen LogP contribution in [0.3, 0.4) is 0 Å². The maximum absolute atomic E-state index is 12.5. The third-order valence-corrected chi connectivity index (χ3v) is 8.17. The molecule has 0 rings (SSSR count). The van der Waals surface area contributed by atoms with E-state index in [0.717, 1.165) is 57.8 Å². The Morgan fingerprint density at radius 3 is 1.89 bits per heavy atom. The van der Waals surface area contributed by atoms with E-state index in [0.29, 0.717) is 13.0 Å². The third kappa shape index (κ3) is 30.8. The van der Waals surface area contributed by atoms with Crippen LogP contribution in [0.2, 0.25) is 0 Å². The number of allylic oxidation sites excluding steroid dienone is 4. The molecule has 0 aliphatic carbocycles. The monoisotopic (exact) mass is 661 g/mol. The van der Waals surface area contributed by atoms with Crippen LogP contribution in [0.1, 0.15) is 142 Å². The van der Waals surface area contributed by atoms with Gasteiger partial charge in [-0.15, -0.1) is 0 Å². The maximum atomic E-state index is 12.5. The summed E-state index contributed by atoms with van der Waals surface area (Å²) in [5.74, 6) is -1.79. The number of hydrogen-bond acceptors (Lipinski definition) is 8. The van der Waals surface area contributed by atoms with E-state index in [9.17, 15) is 19.0 Å². The molecule has 0 aliphatic heterocycles. The fourth-order valence-electron chi connectivity index (χ4n) is 4.46. The zero-order valence-corrected chi connectivity index (χ0v) is 29.1. The van der Waals surface area contributed by atoms with E-state index in [1.165, 1.54) is 57.8 Å². The summed E-state index contributed by atoms with van der Waals surface area (Å²) in [6.07, 6.45) is 29.5. The summed E-state index contributed by atoms with van der Waals surface area (Å²) in [5.41, 5.74) is 5.32. The number of esters is 1. The fourth-order valence-corrected chi connectivity index (χ4v) is 5.24. The Kier molecular flexibility index (Phi) is 30.0. The lowest BCUT2D eigenvalue weighted by atomic mass is 10.1. The first-order valence-corrected chi connectivity index (χ1v) is 18.9. The highest BCUT2D eigenvalue weighted by Crippen LogP contribution is 2.43. The Labute approximate surface area is 273 Å². The molecule has 0 radical (unpaired) electrons. The van der Waals surface area contributed by atoms with E-state index in [4.69, 9.17) is 24.8 Å². The number of carboxylic acid groups (broad SMARTS) is 1. The smallest absolute Gasteiger partial charge is 0.472 e. The van der Waals surface area contributed by atoms with Crippen molar-refractivity contribution in [2.45, 2.75) is 154 Å². The van der Waals surface area contributed by atoms with Gasteiger partial charge in [-0.3, -0.25) is 18.6 Å². The molecule has 264 valence electrons. The number of hydrogen-bond donors (Lipinski definition) is 3. The van der Waals surface area contributed by atoms with Gasteiger partial charge in [-0.2, -0.15) is 0 Å². The van der Waals surface area contributed by atoms with Gasteiger partial charge in [0.25, 0.3) is 0 Å². The van der Waals surface area contributed by atoms with E-state index in [-0.39, 0.29) is 13.0 Å². The average Bonchev–Trinajstić information content (AvgIpc) is 3.01. The molecule has 3 atom stereocenters. The van der Waals surface area contributed by atoms with E-state index < -0.39 is 45.1 Å². The third-order valence-electron chi connectivity index (χ3n) is 7.21. The summed E-state index contributed by atoms with van der Waals surface area (Å²) in [4.78, 5) is 33.2. The maximum Gasteiger partial charge on any atom is 0.472 e. The van der Waals surface area contributed by atoms with Crippen LogP contribution in [0.4, 0.5) is 0 Å². The minimum Gasteiger partial charge on any atom is -0.480 e. The largest absolute Gasteiger partial charge is 0.480 e. The molecule has 0 fully saturated rings. The minimum absolute atomic E-state index is 0.0120. The van der Waals surface area contributed by atoms with Gasteiger partial charge in [-0.05, 0) is 38.5 Å². The van der Waals surface area contributed by atoms with Crippen LogP contribution in [-0.2, 0) is 32.7 Å². The number of rotatable bonds is 33. The topological polar surface area (TPSA) is 155 Å². The summed E-state index contributed by atoms with van der Waals surface area (Å²) in [6.45, 7) is 3.75. The SMILES string of the molecule is CCC/C=C\C/C=C\CCCCCCCCOCC(COP(=O)(O)OCC(N)C(=O)O)OC(=O)CCCCCCCCCCC. The molecule has 10 nitrogen and oxygen atoms in total. The Hall–Kier alpha value is -1.55. The Bertz CT molecular complexity index is 821. The highest BCUT2D eigenvalue weighted by Gasteiger charge is 2.27. The summed E-state index contributed by atoms with van der Waals surface area (Å²) >= 11 is 0. The first-order chi connectivity index (χ1) is 21.7. The van der Waals surface area contributed by atoms with Gasteiger partial charge in [0.2, 0.25) is 0 Å². The molecular formula is C34H64NO9P. The van der Waals surface area contributed by atoms with Gasteiger partial charge in [0.15, 0.2) is 0 Å². The van der Waals surface area contributed by atoms with Crippen LogP contribution in [0.25, 0.3) is 0 Å².